The van der Waals surface area contributed by atoms with E-state index in [0.29, 0.717) is 28.7 Å². The summed E-state index contributed by atoms with van der Waals surface area (Å²) in [6.07, 6.45) is 3.14. The molecule has 0 unspecified atom stereocenters. The molecule has 0 aliphatic rings. The fourth-order valence-corrected chi connectivity index (χ4v) is 1.61. The summed E-state index contributed by atoms with van der Waals surface area (Å²) < 4.78 is 10.7. The number of nitrogens with two attached hydrogens (primary N) is 1. The molecule has 0 saturated heterocycles. The van der Waals surface area contributed by atoms with Crippen LogP contribution in [0.1, 0.15) is 5.82 Å². The van der Waals surface area contributed by atoms with Gasteiger partial charge in [-0.25, -0.2) is 4.98 Å². The van der Waals surface area contributed by atoms with Gasteiger partial charge in [-0.15, -0.1) is 10.2 Å². The molecule has 90 valence electrons. The zero-order chi connectivity index (χ0) is 12.4. The third kappa shape index (κ3) is 1.78. The van der Waals surface area contributed by atoms with Crippen LogP contribution in [0.2, 0.25) is 0 Å². The van der Waals surface area contributed by atoms with Crippen LogP contribution in [0.25, 0.3) is 22.9 Å². The molecule has 0 radical (unpaired) electrons. The second-order valence-corrected chi connectivity index (χ2v) is 3.58. The summed E-state index contributed by atoms with van der Waals surface area (Å²) in [6.45, 7) is 0.221. The van der Waals surface area contributed by atoms with E-state index in [1.807, 2.05) is 0 Å². The van der Waals surface area contributed by atoms with Crippen LogP contribution in [0.5, 0.6) is 0 Å². The zero-order valence-electron chi connectivity index (χ0n) is 9.41. The van der Waals surface area contributed by atoms with E-state index < -0.39 is 0 Å². The summed E-state index contributed by atoms with van der Waals surface area (Å²) in [5.41, 5.74) is 6.63. The Kier molecular flexibility index (Phi) is 2.62. The van der Waals surface area contributed by atoms with Gasteiger partial charge in [0, 0.05) is 0 Å². The molecule has 6 nitrogen and oxygen atoms in total. The van der Waals surface area contributed by atoms with Crippen molar-refractivity contribution in [1.82, 2.24) is 15.2 Å². The highest BCUT2D eigenvalue weighted by atomic mass is 16.3. The Balaban J connectivity index is 2.19. The molecular weight excluding hydrogens is 232 g/mol. The lowest BCUT2D eigenvalue weighted by molar-refractivity contribution is 0.568. The van der Waals surface area contributed by atoms with Gasteiger partial charge in [0.2, 0.25) is 0 Å². The minimum atomic E-state index is 0.221. The number of hydrogen-bond acceptors (Lipinski definition) is 6. The van der Waals surface area contributed by atoms with Crippen LogP contribution in [0.4, 0.5) is 0 Å². The largest absolute Gasteiger partial charge is 0.463 e. The third-order valence-corrected chi connectivity index (χ3v) is 2.42. The lowest BCUT2D eigenvalue weighted by Gasteiger charge is -2.03. The Morgan fingerprint density at radius 2 is 1.61 bits per heavy atom. The van der Waals surface area contributed by atoms with E-state index in [9.17, 15) is 0 Å². The zero-order valence-corrected chi connectivity index (χ0v) is 9.41. The summed E-state index contributed by atoms with van der Waals surface area (Å²) in [7, 11) is 0. The van der Waals surface area contributed by atoms with E-state index in [0.717, 1.165) is 0 Å². The van der Waals surface area contributed by atoms with Gasteiger partial charge < -0.3 is 14.6 Å². The van der Waals surface area contributed by atoms with E-state index >= 15 is 0 Å². The summed E-state index contributed by atoms with van der Waals surface area (Å²) in [6, 6.07) is 7.16. The highest BCUT2D eigenvalue weighted by Gasteiger charge is 2.16. The predicted octanol–water partition coefficient (Wildman–Crippen LogP) is 1.85. The number of hydrogen-bond donors (Lipinski definition) is 1. The van der Waals surface area contributed by atoms with Crippen molar-refractivity contribution in [2.45, 2.75) is 6.54 Å². The van der Waals surface area contributed by atoms with E-state index in [1.165, 1.54) is 0 Å². The van der Waals surface area contributed by atoms with Crippen LogP contribution in [0.15, 0.2) is 45.6 Å². The fraction of sp³-hybridized carbons (Fsp3) is 0.0833. The predicted molar refractivity (Wildman–Crippen MR) is 63.1 cm³/mol. The molecule has 0 spiro atoms. The monoisotopic (exact) mass is 242 g/mol. The van der Waals surface area contributed by atoms with Gasteiger partial charge in [-0.05, 0) is 24.3 Å². The summed E-state index contributed by atoms with van der Waals surface area (Å²) in [5, 5.41) is 8.04. The van der Waals surface area contributed by atoms with Gasteiger partial charge in [-0.1, -0.05) is 0 Å². The van der Waals surface area contributed by atoms with Gasteiger partial charge in [0.05, 0.1) is 19.1 Å². The Hall–Kier alpha value is -2.47. The highest BCUT2D eigenvalue weighted by molar-refractivity contribution is 5.71. The molecule has 3 rings (SSSR count). The molecule has 3 aromatic rings. The van der Waals surface area contributed by atoms with Gasteiger partial charge >= 0.3 is 0 Å². The van der Waals surface area contributed by atoms with Crippen molar-refractivity contribution in [1.29, 1.82) is 0 Å². The first kappa shape index (κ1) is 10.7. The molecule has 18 heavy (non-hydrogen) atoms. The topological polar surface area (TPSA) is 91.0 Å². The van der Waals surface area contributed by atoms with Crippen LogP contribution < -0.4 is 5.73 Å². The number of furan rings is 2. The average Bonchev–Trinajstić information content (AvgIpc) is 3.11. The van der Waals surface area contributed by atoms with Crippen LogP contribution in [0.3, 0.4) is 0 Å². The highest BCUT2D eigenvalue weighted by Crippen LogP contribution is 2.28. The molecule has 3 heterocycles. The molecule has 2 N–H and O–H groups in total. The fourth-order valence-electron chi connectivity index (χ4n) is 1.61. The first-order valence-electron chi connectivity index (χ1n) is 5.40. The SMILES string of the molecule is NCc1nnc(-c2ccco2)c(-c2ccco2)n1. The molecule has 0 amide bonds. The van der Waals surface area contributed by atoms with E-state index in [1.54, 1.807) is 36.8 Å². The first-order chi connectivity index (χ1) is 8.88. The van der Waals surface area contributed by atoms with Gasteiger partial charge in [0.1, 0.15) is 5.69 Å². The lowest BCUT2D eigenvalue weighted by Crippen LogP contribution is -2.07. The van der Waals surface area contributed by atoms with Crippen molar-refractivity contribution >= 4 is 0 Å². The third-order valence-electron chi connectivity index (χ3n) is 2.42. The molecule has 0 saturated carbocycles. The smallest absolute Gasteiger partial charge is 0.165 e. The molecule has 0 aromatic carbocycles. The van der Waals surface area contributed by atoms with Gasteiger partial charge in [-0.2, -0.15) is 0 Å². The van der Waals surface area contributed by atoms with Crippen LogP contribution in [-0.4, -0.2) is 15.2 Å². The number of nitrogens with zero attached hydrogens (tertiary/aromatic N) is 3. The molecule has 0 bridgehead atoms. The van der Waals surface area contributed by atoms with Crippen molar-refractivity contribution in [3.63, 3.8) is 0 Å². The maximum absolute atomic E-state index is 5.52. The van der Waals surface area contributed by atoms with Crippen LogP contribution in [0, 0.1) is 0 Å². The van der Waals surface area contributed by atoms with Crippen LogP contribution >= 0.6 is 0 Å². The van der Waals surface area contributed by atoms with Crippen molar-refractivity contribution in [2.75, 3.05) is 0 Å². The number of aromatic nitrogens is 3. The van der Waals surface area contributed by atoms with E-state index in [4.69, 9.17) is 14.6 Å². The summed E-state index contributed by atoms with van der Waals surface area (Å²) in [4.78, 5) is 4.34. The standard InChI is InChI=1S/C12H10N4O2/c13-7-10-14-11(8-3-1-5-17-8)12(16-15-10)9-4-2-6-18-9/h1-6H,7,13H2. The van der Waals surface area contributed by atoms with Crippen molar-refractivity contribution < 1.29 is 8.83 Å². The second-order valence-electron chi connectivity index (χ2n) is 3.58. The summed E-state index contributed by atoms with van der Waals surface area (Å²) in [5.74, 6) is 1.65. The molecule has 0 fully saturated rings. The Morgan fingerprint density at radius 1 is 0.944 bits per heavy atom. The normalized spacial score (nSPS) is 10.7. The molecule has 6 heteroatoms. The Morgan fingerprint density at radius 3 is 2.17 bits per heavy atom. The van der Waals surface area contributed by atoms with Gasteiger partial charge in [0.15, 0.2) is 23.0 Å². The number of rotatable bonds is 3. The minimum Gasteiger partial charge on any atom is -0.463 e. The van der Waals surface area contributed by atoms with Crippen molar-refractivity contribution in [3.05, 3.63) is 42.6 Å². The molecule has 3 aromatic heterocycles. The lowest BCUT2D eigenvalue weighted by atomic mass is 10.2. The average molecular weight is 242 g/mol. The van der Waals surface area contributed by atoms with Gasteiger partial charge in [-0.3, -0.25) is 0 Å². The molecule has 0 aliphatic heterocycles. The Bertz CT molecular complexity index is 632. The Labute approximate surface area is 102 Å². The quantitative estimate of drug-likeness (QED) is 0.753. The van der Waals surface area contributed by atoms with Crippen molar-refractivity contribution in [2.24, 2.45) is 5.73 Å². The van der Waals surface area contributed by atoms with E-state index in [2.05, 4.69) is 15.2 Å². The molecular formula is C12H10N4O2. The van der Waals surface area contributed by atoms with E-state index in [-0.39, 0.29) is 6.54 Å². The summed E-state index contributed by atoms with van der Waals surface area (Å²) >= 11 is 0. The van der Waals surface area contributed by atoms with Gasteiger partial charge in [0.25, 0.3) is 0 Å². The minimum absolute atomic E-state index is 0.221. The first-order valence-corrected chi connectivity index (χ1v) is 5.40. The van der Waals surface area contributed by atoms with Crippen LogP contribution in [-0.2, 0) is 6.54 Å². The molecule has 0 aliphatic carbocycles. The van der Waals surface area contributed by atoms with Crippen molar-refractivity contribution in [3.8, 4) is 22.9 Å². The maximum atomic E-state index is 5.52. The second kappa shape index (κ2) is 4.42. The molecule has 0 atom stereocenters. The maximum Gasteiger partial charge on any atom is 0.165 e.